The van der Waals surface area contributed by atoms with Crippen molar-refractivity contribution in [3.8, 4) is 0 Å². The zero-order valence-electron chi connectivity index (χ0n) is 5.59. The molecule has 1 aliphatic heterocycles. The predicted molar refractivity (Wildman–Crippen MR) is 34.5 cm³/mol. The molecule has 0 unspecified atom stereocenters. The van der Waals surface area contributed by atoms with Gasteiger partial charge in [0.05, 0.1) is 12.3 Å². The van der Waals surface area contributed by atoms with Crippen LogP contribution >= 0.6 is 0 Å². The van der Waals surface area contributed by atoms with E-state index in [-0.39, 0.29) is 0 Å². The quantitative estimate of drug-likeness (QED) is 0.564. The van der Waals surface area contributed by atoms with Crippen molar-refractivity contribution < 1.29 is 9.57 Å². The van der Waals surface area contributed by atoms with E-state index < -0.39 is 0 Å². The topological polar surface area (TPSA) is 30.8 Å². The maximum Gasteiger partial charge on any atom is 0.122 e. The minimum absolute atomic E-state index is 0.749. The van der Waals surface area contributed by atoms with Crippen molar-refractivity contribution in [3.05, 3.63) is 0 Å². The highest BCUT2D eigenvalue weighted by Crippen LogP contribution is 2.02. The van der Waals surface area contributed by atoms with E-state index in [1.54, 1.807) is 7.11 Å². The Kier molecular flexibility index (Phi) is 2.51. The fourth-order valence-electron chi connectivity index (χ4n) is 0.737. The van der Waals surface area contributed by atoms with Crippen LogP contribution in [-0.4, -0.2) is 26.0 Å². The van der Waals surface area contributed by atoms with Gasteiger partial charge in [0.25, 0.3) is 0 Å². The SMILES string of the molecule is COCCC1=NOCC1. The van der Waals surface area contributed by atoms with E-state index in [2.05, 4.69) is 5.16 Å². The normalized spacial score (nSPS) is 17.2. The Hall–Kier alpha value is -0.570. The third kappa shape index (κ3) is 2.01. The first kappa shape index (κ1) is 6.55. The molecule has 1 heterocycles. The van der Waals surface area contributed by atoms with E-state index in [0.29, 0.717) is 0 Å². The highest BCUT2D eigenvalue weighted by Gasteiger charge is 2.05. The average molecular weight is 129 g/mol. The molecule has 0 aromatic rings. The molecule has 0 aromatic heterocycles. The van der Waals surface area contributed by atoms with E-state index in [9.17, 15) is 0 Å². The van der Waals surface area contributed by atoms with Crippen LogP contribution in [0.5, 0.6) is 0 Å². The Morgan fingerprint density at radius 3 is 3.22 bits per heavy atom. The van der Waals surface area contributed by atoms with Crippen LogP contribution in [0.1, 0.15) is 12.8 Å². The number of oxime groups is 1. The van der Waals surface area contributed by atoms with Gasteiger partial charge in [0, 0.05) is 20.0 Å². The third-order valence-corrected chi connectivity index (χ3v) is 1.27. The Morgan fingerprint density at radius 2 is 2.67 bits per heavy atom. The lowest BCUT2D eigenvalue weighted by Gasteiger charge is -1.93. The summed E-state index contributed by atoms with van der Waals surface area (Å²) in [5, 5.41) is 3.81. The van der Waals surface area contributed by atoms with Crippen LogP contribution in [0.25, 0.3) is 0 Å². The first-order valence-electron chi connectivity index (χ1n) is 3.10. The van der Waals surface area contributed by atoms with Gasteiger partial charge in [-0.25, -0.2) is 0 Å². The lowest BCUT2D eigenvalue weighted by molar-refractivity contribution is 0.173. The smallest absolute Gasteiger partial charge is 0.122 e. The van der Waals surface area contributed by atoms with Gasteiger partial charge >= 0.3 is 0 Å². The molecule has 0 bridgehead atoms. The van der Waals surface area contributed by atoms with Gasteiger partial charge in [-0.1, -0.05) is 5.16 Å². The van der Waals surface area contributed by atoms with Crippen LogP contribution in [-0.2, 0) is 9.57 Å². The largest absolute Gasteiger partial charge is 0.395 e. The molecule has 0 aliphatic carbocycles. The summed E-state index contributed by atoms with van der Waals surface area (Å²) < 4.78 is 4.87. The molecular weight excluding hydrogens is 118 g/mol. The second kappa shape index (κ2) is 3.45. The molecule has 0 saturated carbocycles. The Bertz CT molecular complexity index is 112. The van der Waals surface area contributed by atoms with Crippen LogP contribution in [0.4, 0.5) is 0 Å². The van der Waals surface area contributed by atoms with Gasteiger partial charge in [-0.2, -0.15) is 0 Å². The molecule has 3 heteroatoms. The van der Waals surface area contributed by atoms with Crippen molar-refractivity contribution in [1.29, 1.82) is 0 Å². The van der Waals surface area contributed by atoms with Crippen molar-refractivity contribution in [2.24, 2.45) is 5.16 Å². The Morgan fingerprint density at radius 1 is 1.78 bits per heavy atom. The number of hydrogen-bond donors (Lipinski definition) is 0. The summed E-state index contributed by atoms with van der Waals surface area (Å²) in [6, 6.07) is 0. The maximum atomic E-state index is 4.87. The highest BCUT2D eigenvalue weighted by atomic mass is 16.6. The molecule has 0 spiro atoms. The number of rotatable bonds is 3. The van der Waals surface area contributed by atoms with Crippen molar-refractivity contribution in [3.63, 3.8) is 0 Å². The van der Waals surface area contributed by atoms with E-state index in [1.165, 1.54) is 0 Å². The maximum absolute atomic E-state index is 4.87. The van der Waals surface area contributed by atoms with Gasteiger partial charge in [0.1, 0.15) is 6.61 Å². The second-order valence-electron chi connectivity index (χ2n) is 1.98. The van der Waals surface area contributed by atoms with Crippen LogP contribution in [0.3, 0.4) is 0 Å². The van der Waals surface area contributed by atoms with Crippen molar-refractivity contribution in [1.82, 2.24) is 0 Å². The number of hydrogen-bond acceptors (Lipinski definition) is 3. The van der Waals surface area contributed by atoms with Crippen molar-refractivity contribution in [2.45, 2.75) is 12.8 Å². The fraction of sp³-hybridized carbons (Fsp3) is 0.833. The fourth-order valence-corrected chi connectivity index (χ4v) is 0.737. The number of nitrogens with zero attached hydrogens (tertiary/aromatic N) is 1. The van der Waals surface area contributed by atoms with Crippen LogP contribution < -0.4 is 0 Å². The molecule has 0 atom stereocenters. The van der Waals surface area contributed by atoms with Crippen molar-refractivity contribution in [2.75, 3.05) is 20.3 Å². The van der Waals surface area contributed by atoms with E-state index in [1.807, 2.05) is 0 Å². The predicted octanol–water partition coefficient (Wildman–Crippen LogP) is 0.799. The molecule has 9 heavy (non-hydrogen) atoms. The van der Waals surface area contributed by atoms with Gasteiger partial charge in [0.2, 0.25) is 0 Å². The summed E-state index contributed by atoms with van der Waals surface area (Å²) in [5.74, 6) is 0. The first-order valence-corrected chi connectivity index (χ1v) is 3.10. The lowest BCUT2D eigenvalue weighted by Crippen LogP contribution is -1.99. The first-order chi connectivity index (χ1) is 4.43. The van der Waals surface area contributed by atoms with Gasteiger partial charge in [-0.15, -0.1) is 0 Å². The lowest BCUT2D eigenvalue weighted by atomic mass is 10.2. The van der Waals surface area contributed by atoms with Crippen LogP contribution in [0.15, 0.2) is 5.16 Å². The van der Waals surface area contributed by atoms with Crippen LogP contribution in [0, 0.1) is 0 Å². The summed E-state index contributed by atoms with van der Waals surface area (Å²) in [6.07, 6.45) is 1.89. The zero-order valence-corrected chi connectivity index (χ0v) is 5.59. The molecule has 1 aliphatic rings. The molecule has 0 radical (unpaired) electrons. The number of ether oxygens (including phenoxy) is 1. The summed E-state index contributed by atoms with van der Waals surface area (Å²) in [7, 11) is 1.69. The average Bonchev–Trinajstić information content (AvgIpc) is 2.34. The zero-order chi connectivity index (χ0) is 6.53. The minimum atomic E-state index is 0.749. The molecule has 52 valence electrons. The minimum Gasteiger partial charge on any atom is -0.395 e. The van der Waals surface area contributed by atoms with E-state index in [0.717, 1.165) is 31.8 Å². The molecule has 0 amide bonds. The molecule has 3 nitrogen and oxygen atoms in total. The molecule has 0 aromatic carbocycles. The van der Waals surface area contributed by atoms with E-state index >= 15 is 0 Å². The monoisotopic (exact) mass is 129 g/mol. The molecule has 0 saturated heterocycles. The molecule has 0 N–H and O–H groups in total. The standard InChI is InChI=1S/C6H11NO2/c1-8-4-2-6-3-5-9-7-6/h2-5H2,1H3. The highest BCUT2D eigenvalue weighted by molar-refractivity contribution is 5.84. The summed E-state index contributed by atoms with van der Waals surface area (Å²) >= 11 is 0. The van der Waals surface area contributed by atoms with Gasteiger partial charge < -0.3 is 9.57 Å². The second-order valence-corrected chi connectivity index (χ2v) is 1.98. The van der Waals surface area contributed by atoms with Gasteiger partial charge in [-0.3, -0.25) is 0 Å². The van der Waals surface area contributed by atoms with Crippen molar-refractivity contribution >= 4 is 5.71 Å². The summed E-state index contributed by atoms with van der Waals surface area (Å²) in [4.78, 5) is 4.79. The molecule has 1 rings (SSSR count). The Balaban J connectivity index is 2.11. The van der Waals surface area contributed by atoms with Crippen LogP contribution in [0.2, 0.25) is 0 Å². The summed E-state index contributed by atoms with van der Waals surface area (Å²) in [5.41, 5.74) is 1.12. The Labute approximate surface area is 54.6 Å². The molecular formula is C6H11NO2. The number of methoxy groups -OCH3 is 1. The van der Waals surface area contributed by atoms with Gasteiger partial charge in [-0.05, 0) is 0 Å². The molecule has 0 fully saturated rings. The van der Waals surface area contributed by atoms with Gasteiger partial charge in [0.15, 0.2) is 0 Å². The summed E-state index contributed by atoms with van der Waals surface area (Å²) in [6.45, 7) is 1.50. The third-order valence-electron chi connectivity index (χ3n) is 1.27. The van der Waals surface area contributed by atoms with E-state index in [4.69, 9.17) is 9.57 Å².